The predicted molar refractivity (Wildman–Crippen MR) is 119 cm³/mol. The van der Waals surface area contributed by atoms with E-state index in [4.69, 9.17) is 5.10 Å². The van der Waals surface area contributed by atoms with Crippen LogP contribution in [0, 0.1) is 5.82 Å². The first kappa shape index (κ1) is 18.0. The van der Waals surface area contributed by atoms with Gasteiger partial charge in [-0.25, -0.2) is 13.9 Å². The number of benzene rings is 2. The summed E-state index contributed by atoms with van der Waals surface area (Å²) in [6.45, 7) is 0.890. The quantitative estimate of drug-likeness (QED) is 0.399. The number of para-hydroxylation sites is 1. The normalized spacial score (nSPS) is 16.4. The monoisotopic (exact) mass is 409 g/mol. The van der Waals surface area contributed by atoms with E-state index < -0.39 is 0 Å². The van der Waals surface area contributed by atoms with Crippen molar-refractivity contribution in [1.29, 1.82) is 0 Å². The molecule has 0 amide bonds. The highest BCUT2D eigenvalue weighted by atomic mass is 19.1. The summed E-state index contributed by atoms with van der Waals surface area (Å²) in [5.41, 5.74) is 4.61. The van der Waals surface area contributed by atoms with Gasteiger partial charge in [-0.05, 0) is 54.8 Å². The molecule has 1 fully saturated rings. The third kappa shape index (κ3) is 3.11. The van der Waals surface area contributed by atoms with E-state index in [0.717, 1.165) is 58.6 Å². The molecule has 5 nitrogen and oxygen atoms in total. The Labute approximate surface area is 178 Å². The second-order valence-electron chi connectivity index (χ2n) is 7.93. The maximum absolute atomic E-state index is 13.8. The molecule has 4 heterocycles. The van der Waals surface area contributed by atoms with Crippen molar-refractivity contribution in [2.45, 2.75) is 18.9 Å². The van der Waals surface area contributed by atoms with E-state index in [1.165, 1.54) is 6.07 Å². The first-order chi connectivity index (χ1) is 15.3. The zero-order valence-electron chi connectivity index (χ0n) is 16.8. The fourth-order valence-corrected chi connectivity index (χ4v) is 4.53. The Hall–Kier alpha value is -3.80. The number of pyridine rings is 1. The fourth-order valence-electron chi connectivity index (χ4n) is 4.53. The van der Waals surface area contributed by atoms with Crippen LogP contribution in [-0.4, -0.2) is 26.1 Å². The summed E-state index contributed by atoms with van der Waals surface area (Å²) in [4.78, 5) is 11.4. The lowest BCUT2D eigenvalue weighted by Gasteiger charge is -2.26. The Bertz CT molecular complexity index is 1410. The number of anilines is 1. The van der Waals surface area contributed by atoms with Gasteiger partial charge in [-0.2, -0.15) is 0 Å². The molecule has 0 aliphatic carbocycles. The van der Waals surface area contributed by atoms with Crippen molar-refractivity contribution >= 4 is 22.4 Å². The Morgan fingerprint density at radius 2 is 1.84 bits per heavy atom. The molecular formula is C25H20FN5. The van der Waals surface area contributed by atoms with Gasteiger partial charge in [-0.3, -0.25) is 4.98 Å². The number of nitrogens with zero attached hydrogens (tertiary/aromatic N) is 5. The van der Waals surface area contributed by atoms with Crippen LogP contribution < -0.4 is 4.90 Å². The van der Waals surface area contributed by atoms with E-state index >= 15 is 0 Å². The number of rotatable bonds is 3. The van der Waals surface area contributed by atoms with Gasteiger partial charge in [0.2, 0.25) is 0 Å². The third-order valence-corrected chi connectivity index (χ3v) is 6.01. The summed E-state index contributed by atoms with van der Waals surface area (Å²) in [5, 5.41) is 6.01. The third-order valence-electron chi connectivity index (χ3n) is 6.01. The topological polar surface area (TPSA) is 46.3 Å². The molecule has 31 heavy (non-hydrogen) atoms. The van der Waals surface area contributed by atoms with Crippen LogP contribution in [0.4, 0.5) is 10.2 Å². The largest absolute Gasteiger partial charge is 0.348 e. The van der Waals surface area contributed by atoms with Gasteiger partial charge in [0, 0.05) is 23.7 Å². The fraction of sp³-hybridized carbons (Fsp3) is 0.160. The van der Waals surface area contributed by atoms with Crippen molar-refractivity contribution < 1.29 is 4.39 Å². The Morgan fingerprint density at radius 3 is 2.77 bits per heavy atom. The van der Waals surface area contributed by atoms with Crippen molar-refractivity contribution in [3.63, 3.8) is 0 Å². The minimum Gasteiger partial charge on any atom is -0.348 e. The van der Waals surface area contributed by atoms with Gasteiger partial charge < -0.3 is 4.90 Å². The van der Waals surface area contributed by atoms with Gasteiger partial charge in [0.05, 0.1) is 23.4 Å². The number of imidazole rings is 1. The molecule has 1 atom stereocenters. The average Bonchev–Trinajstić information content (AvgIpc) is 3.46. The van der Waals surface area contributed by atoms with E-state index in [9.17, 15) is 4.39 Å². The van der Waals surface area contributed by atoms with Crippen LogP contribution in [0.25, 0.3) is 27.8 Å². The summed E-state index contributed by atoms with van der Waals surface area (Å²) in [6, 6.07) is 21.2. The molecule has 6 rings (SSSR count). The molecule has 1 aliphatic rings. The maximum Gasteiger partial charge on any atom is 0.154 e. The second kappa shape index (κ2) is 7.16. The van der Waals surface area contributed by atoms with Crippen LogP contribution in [0.3, 0.4) is 0 Å². The molecule has 0 saturated carbocycles. The zero-order chi connectivity index (χ0) is 20.8. The second-order valence-corrected chi connectivity index (χ2v) is 7.93. The van der Waals surface area contributed by atoms with Gasteiger partial charge in [0.1, 0.15) is 11.6 Å². The average molecular weight is 409 g/mol. The van der Waals surface area contributed by atoms with Gasteiger partial charge in [0.15, 0.2) is 5.65 Å². The molecule has 0 radical (unpaired) electrons. The molecule has 152 valence electrons. The van der Waals surface area contributed by atoms with Crippen molar-refractivity contribution in [2.75, 3.05) is 11.4 Å². The minimum absolute atomic E-state index is 0.120. The molecule has 1 saturated heterocycles. The first-order valence-corrected chi connectivity index (χ1v) is 10.5. The van der Waals surface area contributed by atoms with Crippen molar-refractivity contribution in [1.82, 2.24) is 19.6 Å². The van der Waals surface area contributed by atoms with Crippen LogP contribution in [0.15, 0.2) is 79.1 Å². The van der Waals surface area contributed by atoms with Gasteiger partial charge >= 0.3 is 0 Å². The lowest BCUT2D eigenvalue weighted by molar-refractivity contribution is 0.617. The van der Waals surface area contributed by atoms with E-state index in [-0.39, 0.29) is 11.9 Å². The minimum atomic E-state index is -0.200. The van der Waals surface area contributed by atoms with Crippen LogP contribution in [0.1, 0.15) is 24.4 Å². The number of fused-ring (bicyclic) bond motifs is 2. The highest BCUT2D eigenvalue weighted by molar-refractivity contribution is 5.83. The Morgan fingerprint density at radius 1 is 0.903 bits per heavy atom. The lowest BCUT2D eigenvalue weighted by Crippen LogP contribution is -2.24. The Kier molecular flexibility index (Phi) is 4.16. The molecule has 3 aromatic heterocycles. The van der Waals surface area contributed by atoms with Crippen LogP contribution >= 0.6 is 0 Å². The number of hydrogen-bond donors (Lipinski definition) is 0. The molecular weight excluding hydrogens is 389 g/mol. The smallest absolute Gasteiger partial charge is 0.154 e. The van der Waals surface area contributed by atoms with Crippen LogP contribution in [0.5, 0.6) is 0 Å². The van der Waals surface area contributed by atoms with Gasteiger partial charge in [-0.15, -0.1) is 5.10 Å². The van der Waals surface area contributed by atoms with E-state index in [1.54, 1.807) is 12.1 Å². The summed E-state index contributed by atoms with van der Waals surface area (Å²) in [7, 11) is 0. The highest BCUT2D eigenvalue weighted by Crippen LogP contribution is 2.35. The van der Waals surface area contributed by atoms with Gasteiger partial charge in [-0.1, -0.05) is 30.3 Å². The van der Waals surface area contributed by atoms with Crippen molar-refractivity contribution in [3.8, 4) is 11.3 Å². The zero-order valence-corrected chi connectivity index (χ0v) is 16.8. The van der Waals surface area contributed by atoms with Crippen molar-refractivity contribution in [3.05, 3.63) is 90.5 Å². The van der Waals surface area contributed by atoms with Crippen molar-refractivity contribution in [2.24, 2.45) is 0 Å². The molecule has 5 aromatic rings. The summed E-state index contributed by atoms with van der Waals surface area (Å²) < 4.78 is 15.7. The number of hydrogen-bond acceptors (Lipinski definition) is 4. The SMILES string of the molecule is Fc1cccc(C2CCCN2c2ccc3ncc(-c4cnc5ccccc5c4)n3n2)c1. The van der Waals surface area contributed by atoms with Gasteiger partial charge in [0.25, 0.3) is 0 Å². The number of halogens is 1. The lowest BCUT2D eigenvalue weighted by atomic mass is 10.0. The standard InChI is InChI=1S/C25H20FN5/c26-20-7-3-6-18(14-20)22-9-4-12-30(22)25-11-10-24-28-16-23(31(24)29-25)19-13-17-5-1-2-8-21(17)27-15-19/h1-3,5-8,10-11,13-16,22H,4,9,12H2. The van der Waals surface area contributed by atoms with E-state index in [0.29, 0.717) is 0 Å². The van der Waals surface area contributed by atoms with E-state index in [1.807, 2.05) is 53.3 Å². The molecule has 0 N–H and O–H groups in total. The maximum atomic E-state index is 13.8. The highest BCUT2D eigenvalue weighted by Gasteiger charge is 2.28. The van der Waals surface area contributed by atoms with Crippen LogP contribution in [0.2, 0.25) is 0 Å². The summed E-state index contributed by atoms with van der Waals surface area (Å²) >= 11 is 0. The predicted octanol–water partition coefficient (Wildman–Crippen LogP) is 5.43. The number of aromatic nitrogens is 4. The molecule has 1 aliphatic heterocycles. The Balaban J connectivity index is 1.42. The molecule has 2 aromatic carbocycles. The summed E-state index contributed by atoms with van der Waals surface area (Å²) in [6.07, 6.45) is 5.73. The molecule has 6 heteroatoms. The molecule has 1 unspecified atom stereocenters. The summed E-state index contributed by atoms with van der Waals surface area (Å²) in [5.74, 6) is 0.667. The first-order valence-electron chi connectivity index (χ1n) is 10.5. The van der Waals surface area contributed by atoms with E-state index in [2.05, 4.69) is 27.0 Å². The molecule has 0 bridgehead atoms. The molecule has 0 spiro atoms. The van der Waals surface area contributed by atoms with Crippen LogP contribution in [-0.2, 0) is 0 Å².